The van der Waals surface area contributed by atoms with Crippen molar-refractivity contribution >= 4 is 68.7 Å². The van der Waals surface area contributed by atoms with Crippen molar-refractivity contribution in [2.75, 3.05) is 44.6 Å². The average Bonchev–Trinajstić information content (AvgIpc) is 3.15. The monoisotopic (exact) mass is 1230 g/mol. The first-order valence-corrected chi connectivity index (χ1v) is 31.4. The Morgan fingerprint density at radius 1 is 0.528 bits per heavy atom. The normalized spacial score (nSPS) is 17.8. The number of unbranched alkanes of at least 4 members (excludes halogenated alkanes) is 6. The van der Waals surface area contributed by atoms with Gasteiger partial charge in [0.2, 0.25) is 5.13 Å². The Labute approximate surface area is 521 Å². The topological polar surface area (TPSA) is 223 Å². The minimum Gasteiger partial charge on any atom is -0.494 e. The fraction of sp³-hybridized carbons (Fsp3) is 0.391. The molecule has 0 radical (unpaired) electrons. The molecule has 2 heterocycles. The van der Waals surface area contributed by atoms with E-state index in [2.05, 4.69) is 13.2 Å². The molecule has 19 nitrogen and oxygen atoms in total. The molecular weight excluding hydrogens is 1160 g/mol. The molecule has 5 aromatic carbocycles. The van der Waals surface area contributed by atoms with E-state index >= 15 is 0 Å². The molecule has 0 amide bonds. The van der Waals surface area contributed by atoms with Crippen LogP contribution in [0.1, 0.15) is 108 Å². The summed E-state index contributed by atoms with van der Waals surface area (Å²) in [7, 11) is 0. The lowest BCUT2D eigenvalue weighted by atomic mass is 9.82. The summed E-state index contributed by atoms with van der Waals surface area (Å²) in [5.74, 6) is -0.562. The third-order valence-corrected chi connectivity index (χ3v) is 16.6. The number of hydrogen-bond donors (Lipinski definition) is 0. The Morgan fingerprint density at radius 2 is 0.978 bits per heavy atom. The largest absolute Gasteiger partial charge is 0.494 e. The van der Waals surface area contributed by atoms with Crippen molar-refractivity contribution in [1.29, 1.82) is 0 Å². The molecule has 20 heteroatoms. The summed E-state index contributed by atoms with van der Waals surface area (Å²) in [6.45, 7) is 9.05. The number of anilines is 1. The molecule has 2 aliphatic carbocycles. The third-order valence-electron chi connectivity index (χ3n) is 15.5. The number of para-hydroxylation sites is 3. The fourth-order valence-electron chi connectivity index (χ4n) is 10.5. The summed E-state index contributed by atoms with van der Waals surface area (Å²) < 4.78 is 58.8. The van der Waals surface area contributed by atoms with Gasteiger partial charge in [0.05, 0.1) is 73.1 Å². The minimum absolute atomic E-state index is 0.182. The molecule has 0 bridgehead atoms. The van der Waals surface area contributed by atoms with E-state index in [0.29, 0.717) is 123 Å². The van der Waals surface area contributed by atoms with Gasteiger partial charge in [0.25, 0.3) is 0 Å². The molecule has 2 saturated carbocycles. The summed E-state index contributed by atoms with van der Waals surface area (Å²) in [5.41, 5.74) is 1.14. The second-order valence-electron chi connectivity index (χ2n) is 22.0. The van der Waals surface area contributed by atoms with Gasteiger partial charge >= 0.3 is 35.8 Å². The zero-order valence-corrected chi connectivity index (χ0v) is 50.7. The van der Waals surface area contributed by atoms with Crippen LogP contribution in [0.25, 0.3) is 10.2 Å². The minimum atomic E-state index is -0.507. The summed E-state index contributed by atoms with van der Waals surface area (Å²) >= 11 is 1.45. The molecule has 9 rings (SSSR count). The summed E-state index contributed by atoms with van der Waals surface area (Å²) in [6, 6.07) is 33.8. The van der Waals surface area contributed by atoms with Gasteiger partial charge in [0, 0.05) is 17.7 Å². The van der Waals surface area contributed by atoms with Crippen LogP contribution in [0, 0.1) is 23.7 Å². The maximum absolute atomic E-state index is 14.1. The number of nitrogens with zero attached hydrogens (tertiary/aromatic N) is 3. The lowest BCUT2D eigenvalue weighted by molar-refractivity contribution is -0.145. The van der Waals surface area contributed by atoms with Crippen LogP contribution in [0.15, 0.2) is 146 Å². The Bertz CT molecular complexity index is 3350. The molecule has 89 heavy (non-hydrogen) atoms. The number of benzene rings is 5. The van der Waals surface area contributed by atoms with E-state index in [4.69, 9.17) is 57.5 Å². The number of ether oxygens (including phenoxy) is 10. The van der Waals surface area contributed by atoms with E-state index in [9.17, 15) is 28.8 Å². The lowest BCUT2D eigenvalue weighted by Gasteiger charge is -2.29. The molecular formula is C69H75N3O16S. The van der Waals surface area contributed by atoms with Gasteiger partial charge in [-0.3, -0.25) is 19.2 Å². The van der Waals surface area contributed by atoms with Crippen molar-refractivity contribution in [1.82, 2.24) is 4.98 Å². The zero-order chi connectivity index (χ0) is 62.2. The van der Waals surface area contributed by atoms with Gasteiger partial charge in [-0.25, -0.2) is 19.6 Å². The highest BCUT2D eigenvalue weighted by atomic mass is 32.1. The van der Waals surface area contributed by atoms with E-state index in [0.717, 1.165) is 73.7 Å². The number of hydrazone groups is 1. The van der Waals surface area contributed by atoms with Crippen LogP contribution >= 0.6 is 11.3 Å². The standard InChI is InChI=1S/C69H75N3O16S/c1-3-63(73)81-41-15-7-5-13-39-79-52-29-33-54(34-30-52)85-65(75)47-21-23-49(24-22-47)67(77)87-56-37-38-59(51(43-56)44-70-72(69-71-58-17-9-12-20-62(58)89-69)45-57-46-83-60-18-10-11-19-61(60)84-57)88-68(78)50-27-25-48(26-28-50)66(76)86-55-35-31-53(32-36-55)80-40-14-6-8-16-42-82-64(74)4-2/h3-4,9-12,17-20,29-38,43-44,47-50,57H,1-2,5-8,13-16,21-28,39-42,45-46H2/b70-44+. The third kappa shape index (κ3) is 19.7. The van der Waals surface area contributed by atoms with E-state index in [-0.39, 0.29) is 36.6 Å². The summed E-state index contributed by atoms with van der Waals surface area (Å²) in [6.07, 6.45) is 13.6. The zero-order valence-electron chi connectivity index (χ0n) is 49.8. The first-order valence-electron chi connectivity index (χ1n) is 30.6. The van der Waals surface area contributed by atoms with E-state index in [1.54, 1.807) is 78.0 Å². The quantitative estimate of drug-likeness (QED) is 0.00985. The Balaban J connectivity index is 0.797. The molecule has 2 fully saturated rings. The van der Waals surface area contributed by atoms with Gasteiger partial charge in [0.1, 0.15) is 41.1 Å². The van der Waals surface area contributed by atoms with Crippen molar-refractivity contribution in [2.45, 2.75) is 109 Å². The van der Waals surface area contributed by atoms with Crippen LogP contribution in [0.4, 0.5) is 5.13 Å². The predicted octanol–water partition coefficient (Wildman–Crippen LogP) is 12.9. The number of rotatable bonds is 31. The maximum atomic E-state index is 14.1. The molecule has 0 N–H and O–H groups in total. The van der Waals surface area contributed by atoms with Gasteiger partial charge in [-0.05, 0) is 194 Å². The number of fused-ring (bicyclic) bond motifs is 2. The summed E-state index contributed by atoms with van der Waals surface area (Å²) in [5, 5.41) is 7.25. The lowest BCUT2D eigenvalue weighted by Crippen LogP contribution is -2.39. The molecule has 1 atom stereocenters. The van der Waals surface area contributed by atoms with Crippen LogP contribution in [-0.4, -0.2) is 92.7 Å². The highest BCUT2D eigenvalue weighted by molar-refractivity contribution is 7.22. The molecule has 0 spiro atoms. The van der Waals surface area contributed by atoms with E-state index in [1.807, 2.05) is 48.5 Å². The second-order valence-corrected chi connectivity index (χ2v) is 23.0. The van der Waals surface area contributed by atoms with Crippen LogP contribution in [0.2, 0.25) is 0 Å². The van der Waals surface area contributed by atoms with Crippen molar-refractivity contribution in [3.05, 3.63) is 146 Å². The van der Waals surface area contributed by atoms with Crippen LogP contribution in [0.5, 0.6) is 46.0 Å². The van der Waals surface area contributed by atoms with Crippen LogP contribution in [-0.2, 0) is 38.2 Å². The van der Waals surface area contributed by atoms with Gasteiger partial charge < -0.3 is 47.4 Å². The first-order chi connectivity index (χ1) is 43.5. The first kappa shape index (κ1) is 64.4. The van der Waals surface area contributed by atoms with Gasteiger partial charge in [0.15, 0.2) is 17.6 Å². The number of aromatic nitrogens is 1. The molecule has 1 aromatic heterocycles. The van der Waals surface area contributed by atoms with E-state index < -0.39 is 53.7 Å². The molecule has 468 valence electrons. The summed E-state index contributed by atoms with van der Waals surface area (Å²) in [4.78, 5) is 81.9. The van der Waals surface area contributed by atoms with Crippen molar-refractivity contribution in [2.24, 2.45) is 28.8 Å². The number of carbonyl (C=O) groups excluding carboxylic acids is 6. The number of carbonyl (C=O) groups is 6. The highest BCUT2D eigenvalue weighted by Gasteiger charge is 2.35. The smallest absolute Gasteiger partial charge is 0.330 e. The second kappa shape index (κ2) is 33.3. The molecule has 1 aliphatic heterocycles. The number of thiazole rings is 1. The van der Waals surface area contributed by atoms with Gasteiger partial charge in [-0.2, -0.15) is 5.10 Å². The van der Waals surface area contributed by atoms with Crippen molar-refractivity contribution in [3.63, 3.8) is 0 Å². The predicted molar refractivity (Wildman–Crippen MR) is 334 cm³/mol. The Morgan fingerprint density at radius 3 is 1.49 bits per heavy atom. The maximum Gasteiger partial charge on any atom is 0.330 e. The SMILES string of the molecule is C=CC(=O)OCCCCCCOc1ccc(OC(=O)C2CCC(C(=O)Oc3ccc(OC(=O)C4CCC(C(=O)Oc5ccc(OCCCCCCOC(=O)C=C)cc5)CC4)c(/C=N/N(CC4COc5ccccc5O4)c4nc5ccccc5s4)c3)CC2)cc1. The van der Waals surface area contributed by atoms with E-state index in [1.165, 1.54) is 11.3 Å². The van der Waals surface area contributed by atoms with Crippen LogP contribution in [0.3, 0.4) is 0 Å². The number of hydrogen-bond acceptors (Lipinski definition) is 20. The van der Waals surface area contributed by atoms with Crippen molar-refractivity contribution < 1.29 is 76.1 Å². The Kier molecular flexibility index (Phi) is 24.1. The number of esters is 6. The molecule has 3 aliphatic rings. The highest BCUT2D eigenvalue weighted by Crippen LogP contribution is 2.37. The van der Waals surface area contributed by atoms with Gasteiger partial charge in [-0.1, -0.05) is 48.8 Å². The molecule has 0 saturated heterocycles. The van der Waals surface area contributed by atoms with Crippen molar-refractivity contribution in [3.8, 4) is 46.0 Å². The van der Waals surface area contributed by atoms with Gasteiger partial charge in [-0.15, -0.1) is 0 Å². The fourth-order valence-corrected chi connectivity index (χ4v) is 11.4. The molecule has 1 unspecified atom stereocenters. The Hall–Kier alpha value is -9.04. The molecule has 6 aromatic rings. The average molecular weight is 1230 g/mol. The van der Waals surface area contributed by atoms with Crippen LogP contribution < -0.4 is 42.9 Å².